The van der Waals surface area contributed by atoms with Gasteiger partial charge in [0.05, 0.1) is 6.04 Å². The van der Waals surface area contributed by atoms with Crippen LogP contribution in [0.3, 0.4) is 0 Å². The van der Waals surface area contributed by atoms with Gasteiger partial charge < -0.3 is 16.2 Å². The summed E-state index contributed by atoms with van der Waals surface area (Å²) in [6, 6.07) is -0.354. The van der Waals surface area contributed by atoms with Crippen molar-refractivity contribution in [1.29, 1.82) is 0 Å². The lowest BCUT2D eigenvalue weighted by Crippen LogP contribution is -2.45. The van der Waals surface area contributed by atoms with E-state index < -0.39 is 6.04 Å². The molecule has 2 atom stereocenters. The van der Waals surface area contributed by atoms with Gasteiger partial charge in [0.2, 0.25) is 5.91 Å². The minimum Gasteiger partial charge on any atom is -0.396 e. The van der Waals surface area contributed by atoms with Gasteiger partial charge in [-0.1, -0.05) is 26.7 Å². The van der Waals surface area contributed by atoms with Crippen LogP contribution in [0.1, 0.15) is 46.0 Å². The summed E-state index contributed by atoms with van der Waals surface area (Å²) in [6.45, 7) is 4.16. The molecule has 4 N–H and O–H groups in total. The van der Waals surface area contributed by atoms with Crippen LogP contribution in [0.4, 0.5) is 0 Å². The van der Waals surface area contributed by atoms with Gasteiger partial charge in [-0.15, -0.1) is 0 Å². The molecule has 0 fully saturated rings. The SMILES string of the molecule is CCCCC(N)C(=O)NC(CC)CCO. The number of aliphatic hydroxyl groups is 1. The van der Waals surface area contributed by atoms with Gasteiger partial charge in [-0.3, -0.25) is 4.79 Å². The maximum absolute atomic E-state index is 11.6. The second-order valence-corrected chi connectivity index (χ2v) is 3.87. The van der Waals surface area contributed by atoms with Crippen molar-refractivity contribution < 1.29 is 9.90 Å². The summed E-state index contributed by atoms with van der Waals surface area (Å²) in [6.07, 6.45) is 4.19. The molecule has 0 radical (unpaired) electrons. The molecule has 90 valence electrons. The van der Waals surface area contributed by atoms with Gasteiger partial charge in [-0.05, 0) is 19.3 Å². The Balaban J connectivity index is 3.87. The van der Waals surface area contributed by atoms with Crippen LogP contribution >= 0.6 is 0 Å². The fourth-order valence-electron chi connectivity index (χ4n) is 1.40. The molecule has 0 aliphatic carbocycles. The molecular weight excluding hydrogens is 192 g/mol. The molecule has 15 heavy (non-hydrogen) atoms. The predicted octanol–water partition coefficient (Wildman–Crippen LogP) is 0.781. The van der Waals surface area contributed by atoms with Crippen LogP contribution in [0.5, 0.6) is 0 Å². The van der Waals surface area contributed by atoms with Crippen molar-refractivity contribution in [2.75, 3.05) is 6.61 Å². The van der Waals surface area contributed by atoms with E-state index in [1.54, 1.807) is 0 Å². The molecule has 0 rings (SSSR count). The minimum atomic E-state index is -0.405. The molecule has 0 saturated carbocycles. The lowest BCUT2D eigenvalue weighted by atomic mass is 10.1. The number of hydrogen-bond donors (Lipinski definition) is 3. The first-order valence-corrected chi connectivity index (χ1v) is 5.82. The summed E-state index contributed by atoms with van der Waals surface area (Å²) in [5.74, 6) is -0.0937. The smallest absolute Gasteiger partial charge is 0.237 e. The van der Waals surface area contributed by atoms with E-state index in [4.69, 9.17) is 10.8 Å². The second-order valence-electron chi connectivity index (χ2n) is 3.87. The largest absolute Gasteiger partial charge is 0.396 e. The molecule has 0 saturated heterocycles. The molecule has 1 amide bonds. The number of amides is 1. The van der Waals surface area contributed by atoms with E-state index >= 15 is 0 Å². The van der Waals surface area contributed by atoms with E-state index in [0.29, 0.717) is 6.42 Å². The summed E-state index contributed by atoms with van der Waals surface area (Å²) < 4.78 is 0. The van der Waals surface area contributed by atoms with Gasteiger partial charge >= 0.3 is 0 Å². The zero-order valence-electron chi connectivity index (χ0n) is 9.83. The molecule has 0 aliphatic rings. The van der Waals surface area contributed by atoms with E-state index in [0.717, 1.165) is 25.7 Å². The third-order valence-electron chi connectivity index (χ3n) is 2.52. The normalized spacial score (nSPS) is 14.7. The molecule has 4 nitrogen and oxygen atoms in total. The molecule has 0 aromatic rings. The van der Waals surface area contributed by atoms with Crippen LogP contribution in [0.25, 0.3) is 0 Å². The van der Waals surface area contributed by atoms with Crippen LogP contribution in [0, 0.1) is 0 Å². The third kappa shape index (κ3) is 6.47. The Morgan fingerprint density at radius 1 is 1.40 bits per heavy atom. The average molecular weight is 216 g/mol. The highest BCUT2D eigenvalue weighted by Gasteiger charge is 2.15. The lowest BCUT2D eigenvalue weighted by molar-refractivity contribution is -0.123. The van der Waals surface area contributed by atoms with Gasteiger partial charge in [0.1, 0.15) is 0 Å². The molecule has 4 heteroatoms. The topological polar surface area (TPSA) is 75.4 Å². The molecule has 0 heterocycles. The molecule has 0 aromatic heterocycles. The van der Waals surface area contributed by atoms with E-state index in [1.807, 2.05) is 6.92 Å². The number of rotatable bonds is 8. The summed E-state index contributed by atoms with van der Waals surface area (Å²) in [4.78, 5) is 11.6. The van der Waals surface area contributed by atoms with Gasteiger partial charge in [-0.2, -0.15) is 0 Å². The Morgan fingerprint density at radius 3 is 2.53 bits per heavy atom. The summed E-state index contributed by atoms with van der Waals surface area (Å²) >= 11 is 0. The Hall–Kier alpha value is -0.610. The van der Waals surface area contributed by atoms with Crippen LogP contribution in [0.2, 0.25) is 0 Å². The summed E-state index contributed by atoms with van der Waals surface area (Å²) in [5, 5.41) is 11.6. The highest BCUT2D eigenvalue weighted by molar-refractivity contribution is 5.81. The monoisotopic (exact) mass is 216 g/mol. The van der Waals surface area contributed by atoms with E-state index in [-0.39, 0.29) is 18.6 Å². The van der Waals surface area contributed by atoms with Crippen molar-refractivity contribution in [3.05, 3.63) is 0 Å². The Labute approximate surface area is 92.2 Å². The van der Waals surface area contributed by atoms with Crippen molar-refractivity contribution in [2.45, 2.75) is 58.0 Å². The number of unbranched alkanes of at least 4 members (excludes halogenated alkanes) is 1. The lowest BCUT2D eigenvalue weighted by Gasteiger charge is -2.18. The molecule has 0 bridgehead atoms. The zero-order chi connectivity index (χ0) is 11.7. The summed E-state index contributed by atoms with van der Waals surface area (Å²) in [5.41, 5.74) is 5.73. The van der Waals surface area contributed by atoms with E-state index in [2.05, 4.69) is 12.2 Å². The molecule has 0 spiro atoms. The maximum Gasteiger partial charge on any atom is 0.237 e. The number of nitrogens with one attached hydrogen (secondary N) is 1. The van der Waals surface area contributed by atoms with Gasteiger partial charge in [0.15, 0.2) is 0 Å². The second kappa shape index (κ2) is 8.68. The standard InChI is InChI=1S/C11H24N2O2/c1-3-5-6-10(12)11(15)13-9(4-2)7-8-14/h9-10,14H,3-8,12H2,1-2H3,(H,13,15). The van der Waals surface area contributed by atoms with Gasteiger partial charge in [-0.25, -0.2) is 0 Å². The average Bonchev–Trinajstić information content (AvgIpc) is 2.24. The van der Waals surface area contributed by atoms with Crippen LogP contribution in [-0.4, -0.2) is 29.7 Å². The van der Waals surface area contributed by atoms with Crippen molar-refractivity contribution in [3.8, 4) is 0 Å². The zero-order valence-corrected chi connectivity index (χ0v) is 9.83. The highest BCUT2D eigenvalue weighted by atomic mass is 16.3. The Bertz CT molecular complexity index is 174. The van der Waals surface area contributed by atoms with Crippen molar-refractivity contribution in [3.63, 3.8) is 0 Å². The van der Waals surface area contributed by atoms with Gasteiger partial charge in [0, 0.05) is 12.6 Å². The third-order valence-corrected chi connectivity index (χ3v) is 2.52. The van der Waals surface area contributed by atoms with E-state index in [1.165, 1.54) is 0 Å². The quantitative estimate of drug-likeness (QED) is 0.561. The minimum absolute atomic E-state index is 0.0511. The fourth-order valence-corrected chi connectivity index (χ4v) is 1.40. The Kier molecular flexibility index (Phi) is 8.33. The number of nitrogens with two attached hydrogens (primary N) is 1. The first-order chi connectivity index (χ1) is 7.15. The number of carbonyl (C=O) groups is 1. The van der Waals surface area contributed by atoms with Gasteiger partial charge in [0.25, 0.3) is 0 Å². The van der Waals surface area contributed by atoms with Crippen molar-refractivity contribution in [2.24, 2.45) is 5.73 Å². The fraction of sp³-hybridized carbons (Fsp3) is 0.909. The Morgan fingerprint density at radius 2 is 2.07 bits per heavy atom. The first-order valence-electron chi connectivity index (χ1n) is 5.82. The van der Waals surface area contributed by atoms with Crippen molar-refractivity contribution >= 4 is 5.91 Å². The van der Waals surface area contributed by atoms with Crippen LogP contribution < -0.4 is 11.1 Å². The van der Waals surface area contributed by atoms with Crippen LogP contribution in [0.15, 0.2) is 0 Å². The van der Waals surface area contributed by atoms with Crippen molar-refractivity contribution in [1.82, 2.24) is 5.32 Å². The van der Waals surface area contributed by atoms with E-state index in [9.17, 15) is 4.79 Å². The molecular formula is C11H24N2O2. The predicted molar refractivity (Wildman–Crippen MR) is 61.4 cm³/mol. The maximum atomic E-state index is 11.6. The molecule has 0 aliphatic heterocycles. The molecule has 2 unspecified atom stereocenters. The molecule has 0 aromatic carbocycles. The van der Waals surface area contributed by atoms with Crippen LogP contribution in [-0.2, 0) is 4.79 Å². The highest BCUT2D eigenvalue weighted by Crippen LogP contribution is 2.01. The number of carbonyl (C=O) groups excluding carboxylic acids is 1. The first kappa shape index (κ1) is 14.4. The summed E-state index contributed by atoms with van der Waals surface area (Å²) in [7, 11) is 0. The number of hydrogen-bond acceptors (Lipinski definition) is 3. The number of aliphatic hydroxyl groups excluding tert-OH is 1.